The Balaban J connectivity index is 1.99. The molecular formula is C21H24N2. The summed E-state index contributed by atoms with van der Waals surface area (Å²) in [6, 6.07) is 16.8. The number of aromatic amines is 1. The van der Waals surface area contributed by atoms with E-state index in [0.29, 0.717) is 0 Å². The lowest BCUT2D eigenvalue weighted by molar-refractivity contribution is 0.734. The summed E-state index contributed by atoms with van der Waals surface area (Å²) in [6.07, 6.45) is 7.01. The number of aromatic nitrogens is 2. The van der Waals surface area contributed by atoms with Crippen molar-refractivity contribution in [3.8, 4) is 0 Å². The van der Waals surface area contributed by atoms with Crippen molar-refractivity contribution in [2.24, 2.45) is 0 Å². The highest BCUT2D eigenvalue weighted by Gasteiger charge is 2.09. The first-order chi connectivity index (χ1) is 11.3. The minimum Gasteiger partial charge on any atom is -0.338 e. The zero-order chi connectivity index (χ0) is 16.1. The Morgan fingerprint density at radius 1 is 1.04 bits per heavy atom. The molecule has 0 atom stereocenters. The van der Waals surface area contributed by atoms with Gasteiger partial charge in [0.1, 0.15) is 5.82 Å². The lowest BCUT2D eigenvalue weighted by atomic mass is 10.0. The molecule has 0 fully saturated rings. The molecule has 23 heavy (non-hydrogen) atoms. The monoisotopic (exact) mass is 304 g/mol. The number of para-hydroxylation sites is 1. The van der Waals surface area contributed by atoms with E-state index >= 15 is 0 Å². The fourth-order valence-corrected chi connectivity index (χ4v) is 2.90. The third-order valence-electron chi connectivity index (χ3n) is 4.22. The summed E-state index contributed by atoms with van der Waals surface area (Å²) in [7, 11) is 0. The van der Waals surface area contributed by atoms with Crippen LogP contribution in [0.3, 0.4) is 0 Å². The van der Waals surface area contributed by atoms with E-state index in [2.05, 4.69) is 73.4 Å². The fourth-order valence-electron chi connectivity index (χ4n) is 2.90. The molecule has 0 aliphatic heterocycles. The zero-order valence-corrected chi connectivity index (χ0v) is 14.0. The maximum absolute atomic E-state index is 4.82. The largest absolute Gasteiger partial charge is 0.338 e. The summed E-state index contributed by atoms with van der Waals surface area (Å²) in [4.78, 5) is 8.36. The number of rotatable bonds is 6. The number of fused-ring (bicyclic) bond motifs is 1. The van der Waals surface area contributed by atoms with Crippen LogP contribution in [0.5, 0.6) is 0 Å². The maximum Gasteiger partial charge on any atom is 0.134 e. The van der Waals surface area contributed by atoms with Gasteiger partial charge in [-0.2, -0.15) is 0 Å². The molecule has 2 aromatic carbocycles. The molecule has 0 unspecified atom stereocenters. The number of hydrogen-bond acceptors (Lipinski definition) is 1. The standard InChI is InChI=1S/C21H24N2/c1-3-4-6-13-18(15-17-11-7-5-8-12-17)21-22-19-14-9-10-16(2)20(19)23-21/h5,7-12,14-15H,3-4,6,13H2,1-2H3,(H,22,23)/b18-15+. The summed E-state index contributed by atoms with van der Waals surface area (Å²) in [5.74, 6) is 1.01. The Kier molecular flexibility index (Phi) is 4.92. The third-order valence-corrected chi connectivity index (χ3v) is 4.22. The predicted octanol–water partition coefficient (Wildman–Crippen LogP) is 5.99. The first kappa shape index (κ1) is 15.5. The van der Waals surface area contributed by atoms with Crippen molar-refractivity contribution in [2.75, 3.05) is 0 Å². The number of nitrogens with one attached hydrogen (secondary N) is 1. The molecule has 118 valence electrons. The van der Waals surface area contributed by atoms with Crippen LogP contribution >= 0.6 is 0 Å². The van der Waals surface area contributed by atoms with Crippen molar-refractivity contribution < 1.29 is 0 Å². The average Bonchev–Trinajstić information content (AvgIpc) is 3.01. The van der Waals surface area contributed by atoms with Gasteiger partial charge in [-0.25, -0.2) is 4.98 Å². The lowest BCUT2D eigenvalue weighted by Crippen LogP contribution is -1.89. The smallest absolute Gasteiger partial charge is 0.134 e. The number of unbranched alkanes of at least 4 members (excludes halogenated alkanes) is 2. The molecule has 0 amide bonds. The average molecular weight is 304 g/mol. The van der Waals surface area contributed by atoms with Crippen molar-refractivity contribution in [3.63, 3.8) is 0 Å². The molecule has 0 saturated carbocycles. The molecule has 3 aromatic rings. The number of imidazole rings is 1. The zero-order valence-electron chi connectivity index (χ0n) is 14.0. The summed E-state index contributed by atoms with van der Waals surface area (Å²) in [6.45, 7) is 4.37. The van der Waals surface area contributed by atoms with Crippen LogP contribution in [0.25, 0.3) is 22.7 Å². The van der Waals surface area contributed by atoms with Gasteiger partial charge in [0, 0.05) is 0 Å². The van der Waals surface area contributed by atoms with Gasteiger partial charge >= 0.3 is 0 Å². The minimum atomic E-state index is 1.01. The second kappa shape index (κ2) is 7.28. The van der Waals surface area contributed by atoms with E-state index in [4.69, 9.17) is 4.98 Å². The molecule has 0 aliphatic carbocycles. The van der Waals surface area contributed by atoms with Crippen LogP contribution in [0.1, 0.15) is 49.6 Å². The molecule has 1 N–H and O–H groups in total. The Morgan fingerprint density at radius 2 is 1.87 bits per heavy atom. The highest BCUT2D eigenvalue weighted by molar-refractivity contribution is 5.85. The van der Waals surface area contributed by atoms with E-state index in [0.717, 1.165) is 23.3 Å². The molecule has 0 radical (unpaired) electrons. The predicted molar refractivity (Wildman–Crippen MR) is 99.3 cm³/mol. The van der Waals surface area contributed by atoms with Crippen LogP contribution in [0.4, 0.5) is 0 Å². The van der Waals surface area contributed by atoms with Crippen LogP contribution in [0.2, 0.25) is 0 Å². The summed E-state index contributed by atoms with van der Waals surface area (Å²) >= 11 is 0. The topological polar surface area (TPSA) is 28.7 Å². The lowest BCUT2D eigenvalue weighted by Gasteiger charge is -2.05. The molecule has 3 rings (SSSR count). The highest BCUT2D eigenvalue weighted by Crippen LogP contribution is 2.25. The number of nitrogens with zero attached hydrogens (tertiary/aromatic N) is 1. The molecule has 2 nitrogen and oxygen atoms in total. The van der Waals surface area contributed by atoms with Crippen LogP contribution in [0, 0.1) is 6.92 Å². The van der Waals surface area contributed by atoms with Gasteiger partial charge in [-0.15, -0.1) is 0 Å². The second-order valence-corrected chi connectivity index (χ2v) is 6.09. The van der Waals surface area contributed by atoms with E-state index in [1.54, 1.807) is 0 Å². The molecule has 0 spiro atoms. The van der Waals surface area contributed by atoms with Crippen molar-refractivity contribution in [1.82, 2.24) is 9.97 Å². The molecule has 0 saturated heterocycles. The summed E-state index contributed by atoms with van der Waals surface area (Å²) in [5, 5.41) is 0. The Hall–Kier alpha value is -2.35. The number of hydrogen-bond donors (Lipinski definition) is 1. The van der Waals surface area contributed by atoms with Gasteiger partial charge in [-0.1, -0.05) is 62.2 Å². The van der Waals surface area contributed by atoms with Gasteiger partial charge in [0.2, 0.25) is 0 Å². The van der Waals surface area contributed by atoms with Crippen LogP contribution in [-0.2, 0) is 0 Å². The molecule has 1 aromatic heterocycles. The van der Waals surface area contributed by atoms with Gasteiger partial charge in [0.05, 0.1) is 11.0 Å². The van der Waals surface area contributed by atoms with Gasteiger partial charge in [-0.05, 0) is 48.6 Å². The molecular weight excluding hydrogens is 280 g/mol. The van der Waals surface area contributed by atoms with Crippen molar-refractivity contribution in [1.29, 1.82) is 0 Å². The number of H-pyrrole nitrogens is 1. The van der Waals surface area contributed by atoms with E-state index in [1.165, 1.54) is 36.0 Å². The molecule has 1 heterocycles. The number of benzene rings is 2. The third kappa shape index (κ3) is 3.70. The Morgan fingerprint density at radius 3 is 2.61 bits per heavy atom. The first-order valence-corrected chi connectivity index (χ1v) is 8.49. The van der Waals surface area contributed by atoms with Crippen molar-refractivity contribution in [2.45, 2.75) is 39.5 Å². The normalized spacial score (nSPS) is 12.0. The Bertz CT molecular complexity index is 797. The number of aryl methyl sites for hydroxylation is 1. The molecule has 2 heteroatoms. The van der Waals surface area contributed by atoms with E-state index in [1.807, 2.05) is 0 Å². The SMILES string of the molecule is CCCCC/C(=C\c1ccccc1)c1nc2cccc(C)c2[nH]1. The van der Waals surface area contributed by atoms with Crippen LogP contribution < -0.4 is 0 Å². The quantitative estimate of drug-likeness (QED) is 0.556. The number of allylic oxidation sites excluding steroid dienone is 1. The highest BCUT2D eigenvalue weighted by atomic mass is 14.9. The van der Waals surface area contributed by atoms with Gasteiger partial charge in [0.15, 0.2) is 0 Å². The summed E-state index contributed by atoms with van der Waals surface area (Å²) in [5.41, 5.74) is 5.97. The Labute approximate surface area is 138 Å². The van der Waals surface area contributed by atoms with Gasteiger partial charge in [0.25, 0.3) is 0 Å². The molecule has 0 bridgehead atoms. The van der Waals surface area contributed by atoms with E-state index < -0.39 is 0 Å². The first-order valence-electron chi connectivity index (χ1n) is 8.49. The second-order valence-electron chi connectivity index (χ2n) is 6.09. The van der Waals surface area contributed by atoms with E-state index in [-0.39, 0.29) is 0 Å². The molecule has 0 aliphatic rings. The maximum atomic E-state index is 4.82. The minimum absolute atomic E-state index is 1.01. The fraction of sp³-hybridized carbons (Fsp3) is 0.286. The van der Waals surface area contributed by atoms with Crippen molar-refractivity contribution >= 4 is 22.7 Å². The summed E-state index contributed by atoms with van der Waals surface area (Å²) < 4.78 is 0. The van der Waals surface area contributed by atoms with Crippen LogP contribution in [0.15, 0.2) is 48.5 Å². The van der Waals surface area contributed by atoms with E-state index in [9.17, 15) is 0 Å². The van der Waals surface area contributed by atoms with Crippen molar-refractivity contribution in [3.05, 3.63) is 65.5 Å². The van der Waals surface area contributed by atoms with Crippen LogP contribution in [-0.4, -0.2) is 9.97 Å². The van der Waals surface area contributed by atoms with Gasteiger partial charge < -0.3 is 4.98 Å². The van der Waals surface area contributed by atoms with Gasteiger partial charge in [-0.3, -0.25) is 0 Å².